The van der Waals surface area contributed by atoms with Gasteiger partial charge in [0.1, 0.15) is 5.60 Å². The molecule has 0 aromatic rings. The maximum absolute atomic E-state index is 12.0. The van der Waals surface area contributed by atoms with Crippen LogP contribution in [0, 0.1) is 10.8 Å². The number of rotatable bonds is 2. The van der Waals surface area contributed by atoms with E-state index in [-0.39, 0.29) is 18.0 Å². The lowest BCUT2D eigenvalue weighted by Crippen LogP contribution is -2.63. The first-order valence-corrected chi connectivity index (χ1v) is 5.74. The van der Waals surface area contributed by atoms with Crippen molar-refractivity contribution in [1.29, 1.82) is 0 Å². The Bertz CT molecular complexity index is 294. The molecule has 0 radical (unpaired) electrons. The van der Waals surface area contributed by atoms with E-state index >= 15 is 0 Å². The van der Waals surface area contributed by atoms with Crippen molar-refractivity contribution in [3.63, 3.8) is 0 Å². The smallest absolute Gasteiger partial charge is 0.314 e. The van der Waals surface area contributed by atoms with Gasteiger partial charge in [0.15, 0.2) is 0 Å². The molecule has 0 amide bonds. The minimum atomic E-state index is -1.03. The average Bonchev–Trinajstić information content (AvgIpc) is 2.61. The van der Waals surface area contributed by atoms with Gasteiger partial charge in [0.25, 0.3) is 0 Å². The van der Waals surface area contributed by atoms with Crippen LogP contribution in [-0.2, 0) is 14.3 Å². The van der Waals surface area contributed by atoms with Gasteiger partial charge in [-0.15, -0.1) is 0 Å². The number of hydrogen-bond acceptors (Lipinski definition) is 4. The van der Waals surface area contributed by atoms with Crippen molar-refractivity contribution in [2.24, 2.45) is 10.8 Å². The van der Waals surface area contributed by atoms with Gasteiger partial charge in [0.05, 0.1) is 19.1 Å². The lowest BCUT2D eigenvalue weighted by atomic mass is 9.48. The van der Waals surface area contributed by atoms with Crippen LogP contribution in [0.2, 0.25) is 0 Å². The number of carbonyl (C=O) groups is 1. The van der Waals surface area contributed by atoms with Crippen molar-refractivity contribution in [2.75, 3.05) is 20.3 Å². The highest BCUT2D eigenvalue weighted by Crippen LogP contribution is 2.61. The first-order chi connectivity index (χ1) is 7.35. The van der Waals surface area contributed by atoms with Gasteiger partial charge in [0, 0.05) is 13.0 Å². The summed E-state index contributed by atoms with van der Waals surface area (Å²) in [5.41, 5.74) is -1.68. The summed E-state index contributed by atoms with van der Waals surface area (Å²) in [7, 11) is 1.38. The monoisotopic (exact) mass is 228 g/mol. The third kappa shape index (κ3) is 1.47. The Kier molecular flexibility index (Phi) is 2.55. The van der Waals surface area contributed by atoms with Crippen molar-refractivity contribution in [3.8, 4) is 0 Å². The molecule has 1 aliphatic carbocycles. The number of esters is 1. The molecule has 1 saturated carbocycles. The van der Waals surface area contributed by atoms with E-state index in [1.807, 2.05) is 0 Å². The molecule has 2 fully saturated rings. The van der Waals surface area contributed by atoms with Gasteiger partial charge >= 0.3 is 5.97 Å². The molecule has 1 heterocycles. The second-order valence-corrected chi connectivity index (χ2v) is 5.93. The summed E-state index contributed by atoms with van der Waals surface area (Å²) >= 11 is 0. The van der Waals surface area contributed by atoms with Crippen molar-refractivity contribution in [3.05, 3.63) is 0 Å². The molecular formula is C12H20O4. The van der Waals surface area contributed by atoms with Gasteiger partial charge in [-0.1, -0.05) is 13.8 Å². The Morgan fingerprint density at radius 1 is 1.38 bits per heavy atom. The molecule has 92 valence electrons. The van der Waals surface area contributed by atoms with Crippen LogP contribution < -0.4 is 0 Å². The topological polar surface area (TPSA) is 55.8 Å². The molecule has 2 aliphatic rings. The van der Waals surface area contributed by atoms with Crippen LogP contribution in [0.3, 0.4) is 0 Å². The molecule has 1 unspecified atom stereocenters. The first-order valence-electron chi connectivity index (χ1n) is 5.74. The molecule has 1 atom stereocenters. The summed E-state index contributed by atoms with van der Waals surface area (Å²) in [5, 5.41) is 10.6. The molecule has 0 bridgehead atoms. The van der Waals surface area contributed by atoms with E-state index in [0.29, 0.717) is 25.9 Å². The van der Waals surface area contributed by atoms with Crippen LogP contribution in [0.4, 0.5) is 0 Å². The average molecular weight is 228 g/mol. The normalized spacial score (nSPS) is 35.5. The molecular weight excluding hydrogens is 208 g/mol. The van der Waals surface area contributed by atoms with Gasteiger partial charge in [-0.25, -0.2) is 0 Å². The molecule has 16 heavy (non-hydrogen) atoms. The van der Waals surface area contributed by atoms with Crippen molar-refractivity contribution in [2.45, 2.75) is 38.7 Å². The van der Waals surface area contributed by atoms with E-state index in [1.165, 1.54) is 7.11 Å². The van der Waals surface area contributed by atoms with Crippen LogP contribution in [0.25, 0.3) is 0 Å². The fourth-order valence-corrected chi connectivity index (χ4v) is 3.37. The fraction of sp³-hybridized carbons (Fsp3) is 0.917. The van der Waals surface area contributed by atoms with Gasteiger partial charge in [-0.2, -0.15) is 0 Å². The number of carbonyl (C=O) groups excluding carboxylic acids is 1. The van der Waals surface area contributed by atoms with E-state index in [0.717, 1.165) is 0 Å². The Morgan fingerprint density at radius 3 is 2.38 bits per heavy atom. The minimum absolute atomic E-state index is 0.104. The third-order valence-corrected chi connectivity index (χ3v) is 4.03. The van der Waals surface area contributed by atoms with Crippen LogP contribution in [0.1, 0.15) is 33.1 Å². The van der Waals surface area contributed by atoms with Crippen LogP contribution >= 0.6 is 0 Å². The summed E-state index contributed by atoms with van der Waals surface area (Å²) in [6, 6.07) is 0. The van der Waals surface area contributed by atoms with Crippen LogP contribution in [0.5, 0.6) is 0 Å². The fourth-order valence-electron chi connectivity index (χ4n) is 3.37. The quantitative estimate of drug-likeness (QED) is 0.719. The first kappa shape index (κ1) is 11.9. The standard InChI is InChI=1S/C12H20O4/c1-10(2)6-11(7-10,9(13)15-3)12(14)4-5-16-8-12/h14H,4-8H2,1-3H3. The van der Waals surface area contributed by atoms with E-state index in [4.69, 9.17) is 9.47 Å². The predicted octanol–water partition coefficient (Wildman–Crippen LogP) is 1.12. The van der Waals surface area contributed by atoms with Crippen molar-refractivity contribution >= 4 is 5.97 Å². The van der Waals surface area contributed by atoms with Crippen LogP contribution in [0.15, 0.2) is 0 Å². The summed E-state index contributed by atoms with van der Waals surface area (Å²) in [6.07, 6.45) is 1.87. The largest absolute Gasteiger partial charge is 0.469 e. The van der Waals surface area contributed by atoms with E-state index in [2.05, 4.69) is 13.8 Å². The zero-order valence-corrected chi connectivity index (χ0v) is 10.2. The highest BCUT2D eigenvalue weighted by atomic mass is 16.5. The maximum atomic E-state index is 12.0. The van der Waals surface area contributed by atoms with Gasteiger partial charge in [-0.05, 0) is 18.3 Å². The Morgan fingerprint density at radius 2 is 2.00 bits per heavy atom. The highest BCUT2D eigenvalue weighted by Gasteiger charge is 2.66. The van der Waals surface area contributed by atoms with E-state index in [9.17, 15) is 9.90 Å². The summed E-state index contributed by atoms with van der Waals surface area (Å²) in [6.45, 7) is 4.98. The summed E-state index contributed by atoms with van der Waals surface area (Å²) in [4.78, 5) is 12.0. The van der Waals surface area contributed by atoms with Crippen LogP contribution in [-0.4, -0.2) is 37.0 Å². The van der Waals surface area contributed by atoms with Crippen molar-refractivity contribution < 1.29 is 19.4 Å². The zero-order valence-electron chi connectivity index (χ0n) is 10.2. The van der Waals surface area contributed by atoms with Gasteiger partial charge in [0.2, 0.25) is 0 Å². The molecule has 0 aromatic heterocycles. The van der Waals surface area contributed by atoms with Gasteiger partial charge in [-0.3, -0.25) is 4.79 Å². The number of hydrogen-bond donors (Lipinski definition) is 1. The molecule has 4 nitrogen and oxygen atoms in total. The Hall–Kier alpha value is -0.610. The zero-order chi connectivity index (χ0) is 12.0. The maximum Gasteiger partial charge on any atom is 0.314 e. The predicted molar refractivity (Wildman–Crippen MR) is 57.8 cm³/mol. The highest BCUT2D eigenvalue weighted by molar-refractivity contribution is 5.80. The third-order valence-electron chi connectivity index (χ3n) is 4.03. The van der Waals surface area contributed by atoms with E-state index in [1.54, 1.807) is 0 Å². The Labute approximate surface area is 95.9 Å². The molecule has 1 aliphatic heterocycles. The van der Waals surface area contributed by atoms with Gasteiger partial charge < -0.3 is 14.6 Å². The number of ether oxygens (including phenoxy) is 2. The lowest BCUT2D eigenvalue weighted by Gasteiger charge is -2.56. The SMILES string of the molecule is COC(=O)C1(C2(O)CCOC2)CC(C)(C)C1. The molecule has 1 saturated heterocycles. The van der Waals surface area contributed by atoms with E-state index < -0.39 is 11.0 Å². The molecule has 0 aromatic carbocycles. The Balaban J connectivity index is 2.26. The second-order valence-electron chi connectivity index (χ2n) is 5.93. The lowest BCUT2D eigenvalue weighted by molar-refractivity contribution is -0.207. The summed E-state index contributed by atoms with van der Waals surface area (Å²) in [5.74, 6) is -0.292. The van der Waals surface area contributed by atoms with Crippen molar-refractivity contribution in [1.82, 2.24) is 0 Å². The molecule has 4 heteroatoms. The molecule has 0 spiro atoms. The molecule has 1 N–H and O–H groups in total. The number of methoxy groups -OCH3 is 1. The second kappa shape index (κ2) is 3.44. The summed E-state index contributed by atoms with van der Waals surface area (Å²) < 4.78 is 10.1. The molecule has 2 rings (SSSR count). The minimum Gasteiger partial charge on any atom is -0.469 e. The number of aliphatic hydroxyl groups is 1.